The number of nitrogens with zero attached hydrogens (tertiary/aromatic N) is 1. The lowest BCUT2D eigenvalue weighted by atomic mass is 9.84. The molecule has 0 amide bonds. The molecule has 4 heterocycles. The summed E-state index contributed by atoms with van der Waals surface area (Å²) >= 11 is 0. The zero-order valence-electron chi connectivity index (χ0n) is 16.8. The van der Waals surface area contributed by atoms with E-state index in [1.807, 2.05) is 24.3 Å². The molecular formula is C23H26N2O4S. The molecule has 7 heteroatoms. The molecular weight excluding hydrogens is 400 g/mol. The van der Waals surface area contributed by atoms with E-state index in [0.717, 1.165) is 30.8 Å². The minimum atomic E-state index is -3.54. The molecule has 1 spiro atoms. The lowest BCUT2D eigenvalue weighted by molar-refractivity contribution is -0.0689. The fourth-order valence-corrected chi connectivity index (χ4v) is 7.07. The number of fused-ring (bicyclic) bond motifs is 5. The third-order valence-corrected chi connectivity index (χ3v) is 9.16. The van der Waals surface area contributed by atoms with Gasteiger partial charge in [0.05, 0.1) is 17.1 Å². The zero-order chi connectivity index (χ0) is 20.3. The first-order valence-corrected chi connectivity index (χ1v) is 12.2. The van der Waals surface area contributed by atoms with Gasteiger partial charge in [-0.2, -0.15) is 4.31 Å². The Balaban J connectivity index is 1.24. The highest BCUT2D eigenvalue weighted by molar-refractivity contribution is 7.89. The summed E-state index contributed by atoms with van der Waals surface area (Å²) in [4.78, 5) is 0.382. The van der Waals surface area contributed by atoms with Crippen molar-refractivity contribution in [2.45, 2.75) is 48.4 Å². The molecule has 2 unspecified atom stereocenters. The van der Waals surface area contributed by atoms with Gasteiger partial charge in [0, 0.05) is 31.1 Å². The van der Waals surface area contributed by atoms with Gasteiger partial charge in [-0.25, -0.2) is 8.42 Å². The van der Waals surface area contributed by atoms with Gasteiger partial charge in [-0.05, 0) is 55.1 Å². The van der Waals surface area contributed by atoms with Crippen LogP contribution in [-0.4, -0.2) is 45.0 Å². The van der Waals surface area contributed by atoms with E-state index in [0.29, 0.717) is 37.4 Å². The first kappa shape index (κ1) is 18.8. The van der Waals surface area contributed by atoms with E-state index >= 15 is 0 Å². The molecule has 2 aromatic rings. The summed E-state index contributed by atoms with van der Waals surface area (Å²) in [6.45, 7) is 3.32. The molecule has 4 aliphatic heterocycles. The van der Waals surface area contributed by atoms with Crippen LogP contribution in [-0.2, 0) is 27.0 Å². The fourth-order valence-electron chi connectivity index (χ4n) is 5.59. The smallest absolute Gasteiger partial charge is 0.243 e. The molecule has 30 heavy (non-hydrogen) atoms. The van der Waals surface area contributed by atoms with Crippen LogP contribution in [0.4, 0.5) is 0 Å². The molecule has 2 atom stereocenters. The van der Waals surface area contributed by atoms with Crippen molar-refractivity contribution >= 4 is 10.0 Å². The van der Waals surface area contributed by atoms with Gasteiger partial charge in [0.2, 0.25) is 10.0 Å². The SMILES string of the molecule is O=S(=O)(c1ccc2c(c1)C1CCNCC1O2)N1CCC2(CC1)OCc1ccccc12. The molecule has 4 aliphatic rings. The molecule has 6 rings (SSSR count). The van der Waals surface area contributed by atoms with Crippen molar-refractivity contribution < 1.29 is 17.9 Å². The maximum absolute atomic E-state index is 13.4. The van der Waals surface area contributed by atoms with Crippen molar-refractivity contribution in [3.63, 3.8) is 0 Å². The Kier molecular flexibility index (Phi) is 4.25. The topological polar surface area (TPSA) is 67.9 Å². The second-order valence-electron chi connectivity index (χ2n) is 8.80. The van der Waals surface area contributed by atoms with Crippen LogP contribution in [0.3, 0.4) is 0 Å². The predicted molar refractivity (Wildman–Crippen MR) is 112 cm³/mol. The first-order valence-electron chi connectivity index (χ1n) is 10.8. The van der Waals surface area contributed by atoms with Gasteiger partial charge in [0.15, 0.2) is 0 Å². The average molecular weight is 427 g/mol. The van der Waals surface area contributed by atoms with Crippen LogP contribution < -0.4 is 10.1 Å². The number of sulfonamides is 1. The maximum Gasteiger partial charge on any atom is 0.243 e. The first-order chi connectivity index (χ1) is 14.6. The van der Waals surface area contributed by atoms with Crippen molar-refractivity contribution in [2.24, 2.45) is 0 Å². The monoisotopic (exact) mass is 426 g/mol. The second kappa shape index (κ2) is 6.79. The number of nitrogens with one attached hydrogen (secondary N) is 1. The summed E-state index contributed by atoms with van der Waals surface area (Å²) in [6, 6.07) is 13.7. The number of rotatable bonds is 2. The van der Waals surface area contributed by atoms with Gasteiger partial charge in [-0.1, -0.05) is 24.3 Å². The standard InChI is InChI=1S/C23H26N2O4S/c26-30(27,17-5-6-21-19(13-17)18-7-10-24-14-22(18)29-21)25-11-8-23(9-12-25)20-4-2-1-3-16(20)15-28-23/h1-6,13,18,22,24H,7-12,14-15H2. The molecule has 0 bridgehead atoms. The maximum atomic E-state index is 13.4. The van der Waals surface area contributed by atoms with Gasteiger partial charge >= 0.3 is 0 Å². The second-order valence-corrected chi connectivity index (χ2v) is 10.7. The number of ether oxygens (including phenoxy) is 2. The Morgan fingerprint density at radius 2 is 1.93 bits per heavy atom. The quantitative estimate of drug-likeness (QED) is 0.800. The van der Waals surface area contributed by atoms with Crippen LogP contribution in [0.2, 0.25) is 0 Å². The molecule has 0 aliphatic carbocycles. The molecule has 0 aromatic heterocycles. The molecule has 2 fully saturated rings. The predicted octanol–water partition coefficient (Wildman–Crippen LogP) is 2.73. The van der Waals surface area contributed by atoms with E-state index in [2.05, 4.69) is 17.4 Å². The number of hydrogen-bond acceptors (Lipinski definition) is 5. The molecule has 1 N–H and O–H groups in total. The van der Waals surface area contributed by atoms with Crippen molar-refractivity contribution in [1.82, 2.24) is 9.62 Å². The third kappa shape index (κ3) is 2.76. The number of benzene rings is 2. The Morgan fingerprint density at radius 1 is 1.10 bits per heavy atom. The number of hydrogen-bond donors (Lipinski definition) is 1. The Hall–Kier alpha value is -1.93. The van der Waals surface area contributed by atoms with Gasteiger partial charge in [0.1, 0.15) is 11.9 Å². The van der Waals surface area contributed by atoms with E-state index in [9.17, 15) is 8.42 Å². The van der Waals surface area contributed by atoms with Crippen LogP contribution in [0, 0.1) is 0 Å². The van der Waals surface area contributed by atoms with Crippen LogP contribution in [0.5, 0.6) is 5.75 Å². The number of piperidine rings is 2. The Bertz CT molecular complexity index is 1090. The summed E-state index contributed by atoms with van der Waals surface area (Å²) in [5.74, 6) is 1.12. The van der Waals surface area contributed by atoms with E-state index in [1.54, 1.807) is 10.4 Å². The largest absolute Gasteiger partial charge is 0.488 e. The van der Waals surface area contributed by atoms with E-state index in [4.69, 9.17) is 9.47 Å². The van der Waals surface area contributed by atoms with Gasteiger partial charge < -0.3 is 14.8 Å². The summed E-state index contributed by atoms with van der Waals surface area (Å²) in [5, 5.41) is 3.36. The average Bonchev–Trinajstić information content (AvgIpc) is 3.33. The van der Waals surface area contributed by atoms with Crippen LogP contribution in [0.15, 0.2) is 47.4 Å². The van der Waals surface area contributed by atoms with E-state index in [1.165, 1.54) is 11.1 Å². The summed E-state index contributed by atoms with van der Waals surface area (Å²) in [5.41, 5.74) is 3.17. The van der Waals surface area contributed by atoms with Crippen molar-refractivity contribution in [3.05, 3.63) is 59.2 Å². The molecule has 6 nitrogen and oxygen atoms in total. The lowest BCUT2D eigenvalue weighted by Crippen LogP contribution is -2.45. The highest BCUT2D eigenvalue weighted by Gasteiger charge is 2.45. The van der Waals surface area contributed by atoms with Crippen LogP contribution in [0.25, 0.3) is 0 Å². The minimum Gasteiger partial charge on any atom is -0.488 e. The molecule has 0 saturated carbocycles. The van der Waals surface area contributed by atoms with Gasteiger partial charge in [0.25, 0.3) is 0 Å². The van der Waals surface area contributed by atoms with Gasteiger partial charge in [-0.15, -0.1) is 0 Å². The lowest BCUT2D eigenvalue weighted by Gasteiger charge is -2.38. The van der Waals surface area contributed by atoms with E-state index < -0.39 is 10.0 Å². The van der Waals surface area contributed by atoms with E-state index in [-0.39, 0.29) is 17.6 Å². The van der Waals surface area contributed by atoms with Crippen LogP contribution >= 0.6 is 0 Å². The minimum absolute atomic E-state index is 0.112. The molecule has 158 valence electrons. The zero-order valence-corrected chi connectivity index (χ0v) is 17.7. The summed E-state index contributed by atoms with van der Waals surface area (Å²) in [7, 11) is -3.54. The Morgan fingerprint density at radius 3 is 2.80 bits per heavy atom. The summed E-state index contributed by atoms with van der Waals surface area (Å²) < 4.78 is 40.7. The van der Waals surface area contributed by atoms with Crippen molar-refractivity contribution in [3.8, 4) is 5.75 Å². The van der Waals surface area contributed by atoms with Gasteiger partial charge in [-0.3, -0.25) is 0 Å². The van der Waals surface area contributed by atoms with Crippen molar-refractivity contribution in [2.75, 3.05) is 26.2 Å². The van der Waals surface area contributed by atoms with Crippen LogP contribution in [0.1, 0.15) is 41.9 Å². The molecule has 2 saturated heterocycles. The highest BCUT2D eigenvalue weighted by atomic mass is 32.2. The fraction of sp³-hybridized carbons (Fsp3) is 0.478. The molecule has 2 aromatic carbocycles. The highest BCUT2D eigenvalue weighted by Crippen LogP contribution is 2.46. The summed E-state index contributed by atoms with van der Waals surface area (Å²) in [6.07, 6.45) is 2.46. The normalized spacial score (nSPS) is 27.3. The molecule has 0 radical (unpaired) electrons. The third-order valence-electron chi connectivity index (χ3n) is 7.27. The van der Waals surface area contributed by atoms with Crippen molar-refractivity contribution in [1.29, 1.82) is 0 Å². The Labute approximate surface area is 177 Å².